The lowest BCUT2D eigenvalue weighted by molar-refractivity contribution is -0.145. The highest BCUT2D eigenvalue weighted by atomic mass is 16.5. The van der Waals surface area contributed by atoms with E-state index in [2.05, 4.69) is 0 Å². The molecule has 0 saturated heterocycles. The summed E-state index contributed by atoms with van der Waals surface area (Å²) < 4.78 is 4.89. The SMILES string of the molecule is CC1C=CCCC(=O)O1. The second kappa shape index (κ2) is 2.67. The molecule has 0 spiro atoms. The Labute approximate surface area is 54.5 Å². The highest BCUT2D eigenvalue weighted by molar-refractivity contribution is 5.70. The van der Waals surface area contributed by atoms with E-state index in [1.807, 2.05) is 19.1 Å². The fourth-order valence-electron chi connectivity index (χ4n) is 0.795. The minimum Gasteiger partial charge on any atom is -0.458 e. The molecule has 0 aliphatic carbocycles. The van der Waals surface area contributed by atoms with Crippen molar-refractivity contribution in [3.63, 3.8) is 0 Å². The Balaban J connectivity index is 2.50. The van der Waals surface area contributed by atoms with Gasteiger partial charge in [0.15, 0.2) is 0 Å². The van der Waals surface area contributed by atoms with Gasteiger partial charge in [-0.15, -0.1) is 0 Å². The van der Waals surface area contributed by atoms with Crippen molar-refractivity contribution in [1.82, 2.24) is 0 Å². The van der Waals surface area contributed by atoms with Crippen molar-refractivity contribution in [2.75, 3.05) is 0 Å². The molecule has 0 fully saturated rings. The fraction of sp³-hybridized carbons (Fsp3) is 0.571. The number of carbonyl (C=O) groups excluding carboxylic acids is 1. The van der Waals surface area contributed by atoms with Crippen molar-refractivity contribution in [3.8, 4) is 0 Å². The van der Waals surface area contributed by atoms with Gasteiger partial charge in [-0.3, -0.25) is 4.79 Å². The molecule has 0 bridgehead atoms. The summed E-state index contributed by atoms with van der Waals surface area (Å²) in [4.78, 5) is 10.6. The molecule has 0 aromatic carbocycles. The van der Waals surface area contributed by atoms with E-state index < -0.39 is 0 Å². The number of rotatable bonds is 0. The zero-order valence-corrected chi connectivity index (χ0v) is 5.46. The van der Waals surface area contributed by atoms with E-state index >= 15 is 0 Å². The molecule has 0 N–H and O–H groups in total. The van der Waals surface area contributed by atoms with Gasteiger partial charge >= 0.3 is 5.97 Å². The van der Waals surface area contributed by atoms with Crippen LogP contribution in [0.2, 0.25) is 0 Å². The first-order valence-electron chi connectivity index (χ1n) is 3.15. The number of hydrogen-bond donors (Lipinski definition) is 0. The number of ether oxygens (including phenoxy) is 1. The number of cyclic esters (lactones) is 1. The third-order valence-corrected chi connectivity index (χ3v) is 1.24. The van der Waals surface area contributed by atoms with Crippen molar-refractivity contribution in [2.24, 2.45) is 0 Å². The number of esters is 1. The summed E-state index contributed by atoms with van der Waals surface area (Å²) in [6.45, 7) is 1.86. The largest absolute Gasteiger partial charge is 0.458 e. The van der Waals surface area contributed by atoms with Crippen molar-refractivity contribution in [1.29, 1.82) is 0 Å². The molecule has 0 aromatic rings. The molecule has 2 nitrogen and oxygen atoms in total. The van der Waals surface area contributed by atoms with Crippen LogP contribution >= 0.6 is 0 Å². The Morgan fingerprint density at radius 2 is 2.56 bits per heavy atom. The predicted octanol–water partition coefficient (Wildman–Crippen LogP) is 1.27. The highest BCUT2D eigenvalue weighted by Gasteiger charge is 2.08. The number of allylic oxidation sites excluding steroid dienone is 1. The van der Waals surface area contributed by atoms with E-state index in [0.29, 0.717) is 6.42 Å². The lowest BCUT2D eigenvalue weighted by Crippen LogP contribution is -2.09. The van der Waals surface area contributed by atoms with Gasteiger partial charge in [-0.2, -0.15) is 0 Å². The molecule has 9 heavy (non-hydrogen) atoms. The molecule has 50 valence electrons. The lowest BCUT2D eigenvalue weighted by atomic mass is 10.3. The second-order valence-electron chi connectivity index (χ2n) is 2.16. The quantitative estimate of drug-likeness (QED) is 0.361. The van der Waals surface area contributed by atoms with E-state index in [0.717, 1.165) is 6.42 Å². The minimum absolute atomic E-state index is 0.0278. The van der Waals surface area contributed by atoms with Gasteiger partial charge in [-0.1, -0.05) is 6.08 Å². The highest BCUT2D eigenvalue weighted by Crippen LogP contribution is 2.05. The van der Waals surface area contributed by atoms with Gasteiger partial charge in [0.1, 0.15) is 6.10 Å². The van der Waals surface area contributed by atoms with Gasteiger partial charge in [0.25, 0.3) is 0 Å². The van der Waals surface area contributed by atoms with Crippen LogP contribution in [0.4, 0.5) is 0 Å². The minimum atomic E-state index is -0.0903. The summed E-state index contributed by atoms with van der Waals surface area (Å²) in [7, 11) is 0. The summed E-state index contributed by atoms with van der Waals surface area (Å²) in [6.07, 6.45) is 5.21. The molecule has 1 aliphatic heterocycles. The van der Waals surface area contributed by atoms with Crippen molar-refractivity contribution >= 4 is 5.97 Å². The predicted molar refractivity (Wildman–Crippen MR) is 33.9 cm³/mol. The average molecular weight is 126 g/mol. The third-order valence-electron chi connectivity index (χ3n) is 1.24. The molecular weight excluding hydrogens is 116 g/mol. The zero-order chi connectivity index (χ0) is 6.69. The molecule has 1 heterocycles. The maximum absolute atomic E-state index is 10.6. The molecule has 0 aromatic heterocycles. The standard InChI is InChI=1S/C7H10O2/c1-6-4-2-3-5-7(8)9-6/h2,4,6H,3,5H2,1H3. The lowest BCUT2D eigenvalue weighted by Gasteiger charge is -2.03. The Morgan fingerprint density at radius 1 is 1.78 bits per heavy atom. The first-order chi connectivity index (χ1) is 4.29. The topological polar surface area (TPSA) is 26.3 Å². The summed E-state index contributed by atoms with van der Waals surface area (Å²) in [6, 6.07) is 0. The molecule has 1 rings (SSSR count). The van der Waals surface area contributed by atoms with Crippen LogP contribution in [0, 0.1) is 0 Å². The van der Waals surface area contributed by atoms with Crippen LogP contribution in [0.25, 0.3) is 0 Å². The van der Waals surface area contributed by atoms with E-state index in [1.54, 1.807) is 0 Å². The van der Waals surface area contributed by atoms with Crippen LogP contribution in [-0.2, 0) is 9.53 Å². The maximum atomic E-state index is 10.6. The summed E-state index contributed by atoms with van der Waals surface area (Å²) in [5.74, 6) is -0.0903. The average Bonchev–Trinajstić information content (AvgIpc) is 1.93. The molecule has 1 aliphatic rings. The summed E-state index contributed by atoms with van der Waals surface area (Å²) in [5.41, 5.74) is 0. The van der Waals surface area contributed by atoms with Crippen LogP contribution in [0.1, 0.15) is 19.8 Å². The molecule has 0 amide bonds. The monoisotopic (exact) mass is 126 g/mol. The molecule has 0 saturated carbocycles. The number of hydrogen-bond acceptors (Lipinski definition) is 2. The number of carbonyl (C=O) groups is 1. The molecule has 0 radical (unpaired) electrons. The Hall–Kier alpha value is -0.790. The van der Waals surface area contributed by atoms with Crippen LogP contribution in [0.5, 0.6) is 0 Å². The smallest absolute Gasteiger partial charge is 0.306 e. The Bertz CT molecular complexity index is 138. The zero-order valence-electron chi connectivity index (χ0n) is 5.46. The van der Waals surface area contributed by atoms with Gasteiger partial charge in [-0.05, 0) is 19.4 Å². The first kappa shape index (κ1) is 6.33. The molecular formula is C7H10O2. The Morgan fingerprint density at radius 3 is 3.33 bits per heavy atom. The Kier molecular flexibility index (Phi) is 1.88. The first-order valence-corrected chi connectivity index (χ1v) is 3.15. The molecule has 1 unspecified atom stereocenters. The van der Waals surface area contributed by atoms with Gasteiger partial charge < -0.3 is 4.74 Å². The summed E-state index contributed by atoms with van der Waals surface area (Å²) in [5, 5.41) is 0. The van der Waals surface area contributed by atoms with Crippen molar-refractivity contribution < 1.29 is 9.53 Å². The van der Waals surface area contributed by atoms with E-state index in [4.69, 9.17) is 4.74 Å². The molecule has 2 heteroatoms. The second-order valence-corrected chi connectivity index (χ2v) is 2.16. The van der Waals surface area contributed by atoms with Crippen LogP contribution in [-0.4, -0.2) is 12.1 Å². The van der Waals surface area contributed by atoms with E-state index in [1.165, 1.54) is 0 Å². The van der Waals surface area contributed by atoms with Gasteiger partial charge in [0, 0.05) is 6.42 Å². The van der Waals surface area contributed by atoms with E-state index in [-0.39, 0.29) is 12.1 Å². The summed E-state index contributed by atoms with van der Waals surface area (Å²) >= 11 is 0. The van der Waals surface area contributed by atoms with Crippen molar-refractivity contribution in [3.05, 3.63) is 12.2 Å². The van der Waals surface area contributed by atoms with Crippen molar-refractivity contribution in [2.45, 2.75) is 25.9 Å². The maximum Gasteiger partial charge on any atom is 0.306 e. The van der Waals surface area contributed by atoms with Crippen LogP contribution in [0.15, 0.2) is 12.2 Å². The van der Waals surface area contributed by atoms with E-state index in [9.17, 15) is 4.79 Å². The van der Waals surface area contributed by atoms with Gasteiger partial charge in [0.05, 0.1) is 0 Å². The van der Waals surface area contributed by atoms with Gasteiger partial charge in [0.2, 0.25) is 0 Å². The molecule has 1 atom stereocenters. The normalized spacial score (nSPS) is 27.2. The van der Waals surface area contributed by atoms with Crippen LogP contribution in [0.3, 0.4) is 0 Å². The van der Waals surface area contributed by atoms with Gasteiger partial charge in [-0.25, -0.2) is 0 Å². The van der Waals surface area contributed by atoms with Crippen LogP contribution < -0.4 is 0 Å². The fourth-order valence-corrected chi connectivity index (χ4v) is 0.795. The third kappa shape index (κ3) is 1.88.